The molecule has 2 aromatic rings. The van der Waals surface area contributed by atoms with Crippen LogP contribution in [0.5, 0.6) is 11.5 Å². The van der Waals surface area contributed by atoms with Crippen LogP contribution in [0.2, 0.25) is 0 Å². The van der Waals surface area contributed by atoms with E-state index in [0.29, 0.717) is 11.7 Å². The number of hydrogen-bond acceptors (Lipinski definition) is 3. The van der Waals surface area contributed by atoms with Crippen molar-refractivity contribution >= 4 is 5.91 Å². The number of carbonyl (C=O) groups is 1. The number of ether oxygens (including phenoxy) is 2. The molecule has 1 atom stereocenters. The van der Waals surface area contributed by atoms with Crippen LogP contribution in [-0.4, -0.2) is 19.6 Å². The van der Waals surface area contributed by atoms with E-state index in [9.17, 15) is 4.79 Å². The Balaban J connectivity index is 1.97. The van der Waals surface area contributed by atoms with Crippen molar-refractivity contribution in [1.29, 1.82) is 0 Å². The third-order valence-electron chi connectivity index (χ3n) is 4.65. The number of carbonyl (C=O) groups excluding carboxylic acids is 1. The molecule has 28 heavy (non-hydrogen) atoms. The van der Waals surface area contributed by atoms with Crippen LogP contribution in [0.3, 0.4) is 0 Å². The molecule has 2 rings (SSSR count). The minimum absolute atomic E-state index is 0.000382. The lowest BCUT2D eigenvalue weighted by molar-refractivity contribution is -0.124. The van der Waals surface area contributed by atoms with Gasteiger partial charge in [-0.15, -0.1) is 0 Å². The van der Waals surface area contributed by atoms with Crippen molar-refractivity contribution in [1.82, 2.24) is 5.32 Å². The highest BCUT2D eigenvalue weighted by atomic mass is 16.5. The first-order valence-electron chi connectivity index (χ1n) is 9.85. The van der Waals surface area contributed by atoms with Gasteiger partial charge in [0.2, 0.25) is 0 Å². The van der Waals surface area contributed by atoms with Crippen LogP contribution < -0.4 is 14.8 Å². The van der Waals surface area contributed by atoms with E-state index >= 15 is 0 Å². The molecule has 0 saturated heterocycles. The number of amides is 1. The van der Waals surface area contributed by atoms with Gasteiger partial charge in [0.1, 0.15) is 11.5 Å². The van der Waals surface area contributed by atoms with Gasteiger partial charge in [0.25, 0.3) is 5.91 Å². The summed E-state index contributed by atoms with van der Waals surface area (Å²) in [7, 11) is 1.65. The molecule has 0 aliphatic rings. The molecule has 152 valence electrons. The molecule has 2 aromatic carbocycles. The second-order valence-electron chi connectivity index (χ2n) is 8.59. The van der Waals surface area contributed by atoms with Crippen LogP contribution in [0.15, 0.2) is 48.5 Å². The lowest BCUT2D eigenvalue weighted by Crippen LogP contribution is -2.33. The van der Waals surface area contributed by atoms with Crippen molar-refractivity contribution in [2.45, 2.75) is 52.5 Å². The van der Waals surface area contributed by atoms with E-state index in [4.69, 9.17) is 9.47 Å². The van der Waals surface area contributed by atoms with Crippen LogP contribution in [0.25, 0.3) is 0 Å². The monoisotopic (exact) mass is 383 g/mol. The Kier molecular flexibility index (Phi) is 7.50. The molecule has 4 nitrogen and oxygen atoms in total. The maximum Gasteiger partial charge on any atom is 0.258 e. The van der Waals surface area contributed by atoms with E-state index in [-0.39, 0.29) is 24.0 Å². The van der Waals surface area contributed by atoms with Gasteiger partial charge in [0.15, 0.2) is 6.61 Å². The van der Waals surface area contributed by atoms with Crippen molar-refractivity contribution in [3.05, 3.63) is 59.7 Å². The average Bonchev–Trinajstić information content (AvgIpc) is 2.65. The average molecular weight is 384 g/mol. The summed E-state index contributed by atoms with van der Waals surface area (Å²) >= 11 is 0. The molecular formula is C24H33NO3. The van der Waals surface area contributed by atoms with Crippen molar-refractivity contribution < 1.29 is 14.3 Å². The van der Waals surface area contributed by atoms with Gasteiger partial charge in [0, 0.05) is 0 Å². The van der Waals surface area contributed by atoms with Crippen molar-refractivity contribution in [2.24, 2.45) is 5.92 Å². The molecule has 0 unspecified atom stereocenters. The van der Waals surface area contributed by atoms with E-state index < -0.39 is 0 Å². The van der Waals surface area contributed by atoms with Gasteiger partial charge in [0.05, 0.1) is 13.2 Å². The minimum Gasteiger partial charge on any atom is -0.497 e. The van der Waals surface area contributed by atoms with E-state index in [0.717, 1.165) is 17.7 Å². The van der Waals surface area contributed by atoms with Crippen molar-refractivity contribution in [2.75, 3.05) is 13.7 Å². The zero-order valence-electron chi connectivity index (χ0n) is 17.9. The van der Waals surface area contributed by atoms with Crippen LogP contribution in [0, 0.1) is 5.92 Å². The maximum atomic E-state index is 12.5. The summed E-state index contributed by atoms with van der Waals surface area (Å²) in [6, 6.07) is 15.7. The van der Waals surface area contributed by atoms with E-state index in [1.807, 2.05) is 48.5 Å². The number of nitrogens with one attached hydrogen (secondary N) is 1. The molecule has 0 saturated carbocycles. The number of rotatable bonds is 8. The summed E-state index contributed by atoms with van der Waals surface area (Å²) in [5, 5.41) is 3.10. The molecule has 0 heterocycles. The third-order valence-corrected chi connectivity index (χ3v) is 4.65. The van der Waals surface area contributed by atoms with Gasteiger partial charge in [-0.1, -0.05) is 58.9 Å². The van der Waals surface area contributed by atoms with Gasteiger partial charge in [-0.3, -0.25) is 4.79 Å². The second kappa shape index (κ2) is 9.63. The lowest BCUT2D eigenvalue weighted by Gasteiger charge is -2.22. The summed E-state index contributed by atoms with van der Waals surface area (Å²) in [4.78, 5) is 12.5. The fraction of sp³-hybridized carbons (Fsp3) is 0.458. The van der Waals surface area contributed by atoms with Gasteiger partial charge in [-0.2, -0.15) is 0 Å². The highest BCUT2D eigenvalue weighted by Gasteiger charge is 2.17. The highest BCUT2D eigenvalue weighted by Crippen LogP contribution is 2.25. The Hall–Kier alpha value is -2.49. The fourth-order valence-corrected chi connectivity index (χ4v) is 3.02. The maximum absolute atomic E-state index is 12.5. The first-order valence-corrected chi connectivity index (χ1v) is 9.85. The van der Waals surface area contributed by atoms with Gasteiger partial charge in [-0.05, 0) is 53.1 Å². The lowest BCUT2D eigenvalue weighted by atomic mass is 9.87. The molecule has 0 aliphatic heterocycles. The van der Waals surface area contributed by atoms with Gasteiger partial charge >= 0.3 is 0 Å². The molecule has 0 bridgehead atoms. The molecular weight excluding hydrogens is 350 g/mol. The Morgan fingerprint density at radius 3 is 2.04 bits per heavy atom. The summed E-state index contributed by atoms with van der Waals surface area (Å²) in [6.07, 6.45) is 0.859. The van der Waals surface area contributed by atoms with Gasteiger partial charge < -0.3 is 14.8 Å². The van der Waals surface area contributed by atoms with Crippen LogP contribution in [0.1, 0.15) is 58.2 Å². The van der Waals surface area contributed by atoms with E-state index in [1.165, 1.54) is 5.56 Å². The Morgan fingerprint density at radius 2 is 1.54 bits per heavy atom. The van der Waals surface area contributed by atoms with Crippen molar-refractivity contribution in [3.63, 3.8) is 0 Å². The number of hydrogen-bond donors (Lipinski definition) is 1. The van der Waals surface area contributed by atoms with Crippen LogP contribution in [0.4, 0.5) is 0 Å². The van der Waals surface area contributed by atoms with Gasteiger partial charge in [-0.25, -0.2) is 0 Å². The zero-order valence-corrected chi connectivity index (χ0v) is 17.9. The predicted molar refractivity (Wildman–Crippen MR) is 114 cm³/mol. The predicted octanol–water partition coefficient (Wildman–Crippen LogP) is 5.28. The Morgan fingerprint density at radius 1 is 0.964 bits per heavy atom. The second-order valence-corrected chi connectivity index (χ2v) is 8.59. The zero-order chi connectivity index (χ0) is 20.7. The molecule has 0 aliphatic carbocycles. The fourth-order valence-electron chi connectivity index (χ4n) is 3.02. The van der Waals surface area contributed by atoms with Crippen LogP contribution >= 0.6 is 0 Å². The molecule has 1 amide bonds. The first kappa shape index (κ1) is 21.8. The Bertz CT molecular complexity index is 743. The molecule has 0 radical (unpaired) electrons. The molecule has 0 aromatic heterocycles. The smallest absolute Gasteiger partial charge is 0.258 e. The molecule has 1 N–H and O–H groups in total. The van der Waals surface area contributed by atoms with E-state index in [2.05, 4.69) is 39.9 Å². The normalized spacial score (nSPS) is 12.5. The summed E-state index contributed by atoms with van der Waals surface area (Å²) in [5.41, 5.74) is 2.40. The summed E-state index contributed by atoms with van der Waals surface area (Å²) in [6.45, 7) is 10.8. The Labute approximate surface area is 169 Å². The first-order chi connectivity index (χ1) is 13.2. The third kappa shape index (κ3) is 6.59. The summed E-state index contributed by atoms with van der Waals surface area (Å²) < 4.78 is 10.9. The molecule has 0 spiro atoms. The number of benzene rings is 2. The van der Waals surface area contributed by atoms with E-state index in [1.54, 1.807) is 7.11 Å². The summed E-state index contributed by atoms with van der Waals surface area (Å²) in [5.74, 6) is 1.84. The minimum atomic E-state index is -0.124. The largest absolute Gasteiger partial charge is 0.497 e. The number of methoxy groups -OCH3 is 1. The standard InChI is InChI=1S/C24H33NO3/c1-17(2)15-22(18-7-11-20(27-6)12-8-18)25-23(26)16-28-21-13-9-19(10-14-21)24(3,4)5/h7-14,17,22H,15-16H2,1-6H3,(H,25,26)/t22-/m0/s1. The molecule has 4 heteroatoms. The quantitative estimate of drug-likeness (QED) is 0.675. The van der Waals surface area contributed by atoms with Crippen molar-refractivity contribution in [3.8, 4) is 11.5 Å². The highest BCUT2D eigenvalue weighted by molar-refractivity contribution is 5.78. The molecule has 0 fully saturated rings. The van der Waals surface area contributed by atoms with Crippen LogP contribution in [-0.2, 0) is 10.2 Å². The topological polar surface area (TPSA) is 47.6 Å². The SMILES string of the molecule is COc1ccc([C@H](CC(C)C)NC(=O)COc2ccc(C(C)(C)C)cc2)cc1.